The minimum atomic E-state index is -0.562. The van der Waals surface area contributed by atoms with E-state index in [1.165, 1.54) is 0 Å². The maximum atomic E-state index is 12.7. The molecule has 0 unspecified atom stereocenters. The summed E-state index contributed by atoms with van der Waals surface area (Å²) in [7, 11) is 1.93. The zero-order valence-electron chi connectivity index (χ0n) is 14.6. The highest BCUT2D eigenvalue weighted by Gasteiger charge is 2.31. The third-order valence-electron chi connectivity index (χ3n) is 4.26. The normalized spacial score (nSPS) is 12.1. The van der Waals surface area contributed by atoms with Gasteiger partial charge in [-0.25, -0.2) is 9.36 Å². The molecule has 1 heterocycles. The van der Waals surface area contributed by atoms with Crippen LogP contribution in [0.4, 0.5) is 0 Å². The molecule has 0 aliphatic heterocycles. The van der Waals surface area contributed by atoms with Gasteiger partial charge in [-0.05, 0) is 19.1 Å². The van der Waals surface area contributed by atoms with E-state index >= 15 is 0 Å². The first-order valence-electron chi connectivity index (χ1n) is 8.18. The minimum absolute atomic E-state index is 0.108. The first kappa shape index (κ1) is 16.8. The van der Waals surface area contributed by atoms with Crippen LogP contribution in [0.2, 0.25) is 0 Å². The van der Waals surface area contributed by atoms with E-state index in [0.29, 0.717) is 5.56 Å². The highest BCUT2D eigenvalue weighted by molar-refractivity contribution is 6.18. The Kier molecular flexibility index (Phi) is 4.57. The van der Waals surface area contributed by atoms with Crippen molar-refractivity contribution < 1.29 is 19.2 Å². The molecular weight excluding hydrogens is 316 g/mol. The second kappa shape index (κ2) is 6.81. The number of ether oxygens (including phenoxy) is 1. The van der Waals surface area contributed by atoms with Crippen molar-refractivity contribution in [2.45, 2.75) is 13.8 Å². The van der Waals surface area contributed by atoms with Crippen LogP contribution in [0.15, 0.2) is 54.6 Å². The maximum absolute atomic E-state index is 12.7. The van der Waals surface area contributed by atoms with Gasteiger partial charge in [0, 0.05) is 12.5 Å². The molecule has 0 radical (unpaired) electrons. The molecule has 1 N–H and O–H groups in total. The number of aliphatic hydroxyl groups is 1. The smallest absolute Gasteiger partial charge is 0.382 e. The summed E-state index contributed by atoms with van der Waals surface area (Å²) >= 11 is 0. The zero-order valence-corrected chi connectivity index (χ0v) is 14.6. The number of para-hydroxylation sites is 2. The Balaban J connectivity index is 2.35. The first-order chi connectivity index (χ1) is 12.1. The van der Waals surface area contributed by atoms with E-state index < -0.39 is 5.97 Å². The van der Waals surface area contributed by atoms with Crippen LogP contribution in [0.1, 0.15) is 18.3 Å². The monoisotopic (exact) mass is 337 g/mol. The van der Waals surface area contributed by atoms with Crippen molar-refractivity contribution in [2.24, 2.45) is 7.05 Å². The van der Waals surface area contributed by atoms with Gasteiger partial charge < -0.3 is 9.84 Å². The largest absolute Gasteiger partial charge is 0.503 e. The number of carbonyl (C=O) groups is 1. The summed E-state index contributed by atoms with van der Waals surface area (Å²) in [6, 6.07) is 16.7. The molecule has 3 aromatic rings. The Labute approximate surface area is 146 Å². The number of fused-ring (bicyclic) bond motifs is 1. The van der Waals surface area contributed by atoms with Crippen molar-refractivity contribution in [3.63, 3.8) is 0 Å². The van der Waals surface area contributed by atoms with Crippen molar-refractivity contribution >= 4 is 28.5 Å². The lowest BCUT2D eigenvalue weighted by Crippen LogP contribution is -2.31. The molecule has 3 rings (SSSR count). The summed E-state index contributed by atoms with van der Waals surface area (Å²) in [6.07, 6.45) is 0. The summed E-state index contributed by atoms with van der Waals surface area (Å²) in [5, 5.41) is 10.9. The number of esters is 1. The molecule has 0 atom stereocenters. The van der Waals surface area contributed by atoms with Gasteiger partial charge in [-0.1, -0.05) is 42.5 Å². The standard InChI is InChI=1S/C20H20N2O3/c1-4-25-20(24)18(19(23)15-10-6-5-7-11-15)22-14(2)21(3)16-12-8-9-13-17(16)22/h5-13H,4H2,1-3H3/p+1. The van der Waals surface area contributed by atoms with Gasteiger partial charge in [-0.3, -0.25) is 0 Å². The quantitative estimate of drug-likeness (QED) is 0.344. The average molecular weight is 337 g/mol. The molecule has 0 aliphatic rings. The number of imidazole rings is 1. The molecular formula is C20H21N2O3+. The fraction of sp³-hybridized carbons (Fsp3) is 0.200. The third-order valence-corrected chi connectivity index (χ3v) is 4.26. The molecule has 128 valence electrons. The lowest BCUT2D eigenvalue weighted by Gasteiger charge is -2.09. The molecule has 0 saturated carbocycles. The number of aliphatic hydroxyl groups excluding tert-OH is 1. The Morgan fingerprint density at radius 2 is 1.76 bits per heavy atom. The molecule has 0 spiro atoms. The predicted molar refractivity (Wildman–Crippen MR) is 96.7 cm³/mol. The highest BCUT2D eigenvalue weighted by Crippen LogP contribution is 2.26. The molecule has 0 saturated heterocycles. The van der Waals surface area contributed by atoms with Crippen LogP contribution in [-0.2, 0) is 16.6 Å². The molecule has 0 aliphatic carbocycles. The number of aromatic nitrogens is 2. The number of benzene rings is 2. The van der Waals surface area contributed by atoms with Crippen molar-refractivity contribution in [3.05, 3.63) is 66.0 Å². The fourth-order valence-electron chi connectivity index (χ4n) is 2.94. The number of hydrogen-bond acceptors (Lipinski definition) is 3. The van der Waals surface area contributed by atoms with E-state index in [1.54, 1.807) is 23.6 Å². The number of rotatable bonds is 4. The first-order valence-corrected chi connectivity index (χ1v) is 8.18. The molecule has 0 fully saturated rings. The Hall–Kier alpha value is -3.08. The van der Waals surface area contributed by atoms with Gasteiger partial charge in [0.1, 0.15) is 0 Å². The van der Waals surface area contributed by atoms with E-state index in [2.05, 4.69) is 0 Å². The van der Waals surface area contributed by atoms with Gasteiger partial charge in [0.25, 0.3) is 11.5 Å². The summed E-state index contributed by atoms with van der Waals surface area (Å²) in [5.41, 5.74) is 2.46. The van der Waals surface area contributed by atoms with E-state index in [4.69, 9.17) is 4.74 Å². The van der Waals surface area contributed by atoms with E-state index in [-0.39, 0.29) is 18.1 Å². The number of hydrogen-bond donors (Lipinski definition) is 1. The molecule has 1 aromatic heterocycles. The molecule has 5 nitrogen and oxygen atoms in total. The Morgan fingerprint density at radius 1 is 1.12 bits per heavy atom. The summed E-state index contributed by atoms with van der Waals surface area (Å²) in [4.78, 5) is 12.7. The topological polar surface area (TPSA) is 55.3 Å². The average Bonchev–Trinajstić information content (AvgIpc) is 2.88. The lowest BCUT2D eigenvalue weighted by atomic mass is 10.1. The zero-order chi connectivity index (χ0) is 18.0. The van der Waals surface area contributed by atoms with Gasteiger partial charge in [-0.15, -0.1) is 0 Å². The second-order valence-corrected chi connectivity index (χ2v) is 5.71. The van der Waals surface area contributed by atoms with Crippen LogP contribution < -0.4 is 4.57 Å². The molecule has 0 bridgehead atoms. The lowest BCUT2D eigenvalue weighted by molar-refractivity contribution is -0.651. The van der Waals surface area contributed by atoms with Crippen LogP contribution in [0.5, 0.6) is 0 Å². The Bertz CT molecular complexity index is 956. The van der Waals surface area contributed by atoms with Crippen molar-refractivity contribution in [1.82, 2.24) is 4.57 Å². The van der Waals surface area contributed by atoms with E-state index in [9.17, 15) is 9.90 Å². The molecule has 2 aromatic carbocycles. The third kappa shape index (κ3) is 2.89. The van der Waals surface area contributed by atoms with Crippen molar-refractivity contribution in [2.75, 3.05) is 6.61 Å². The highest BCUT2D eigenvalue weighted by atomic mass is 16.5. The maximum Gasteiger partial charge on any atom is 0.382 e. The number of aryl methyl sites for hydroxylation is 1. The predicted octanol–water partition coefficient (Wildman–Crippen LogP) is 3.22. The van der Waals surface area contributed by atoms with E-state index in [1.807, 2.05) is 61.0 Å². The van der Waals surface area contributed by atoms with Gasteiger partial charge in [-0.2, -0.15) is 4.57 Å². The van der Waals surface area contributed by atoms with Gasteiger partial charge >= 0.3 is 5.97 Å². The summed E-state index contributed by atoms with van der Waals surface area (Å²) < 4.78 is 8.95. The molecule has 0 amide bonds. The van der Waals surface area contributed by atoms with Crippen molar-refractivity contribution in [3.8, 4) is 0 Å². The fourth-order valence-corrected chi connectivity index (χ4v) is 2.94. The SMILES string of the molecule is CCOC(=O)C(=C(O)c1ccccc1)n1c(C)[n+](C)c2ccccc21. The van der Waals surface area contributed by atoms with Crippen LogP contribution in [0, 0.1) is 6.92 Å². The number of nitrogens with zero attached hydrogens (tertiary/aromatic N) is 2. The molecule has 5 heteroatoms. The van der Waals surface area contributed by atoms with Gasteiger partial charge in [0.05, 0.1) is 13.7 Å². The van der Waals surface area contributed by atoms with Crippen LogP contribution in [0.3, 0.4) is 0 Å². The minimum Gasteiger partial charge on any atom is -0.503 e. The summed E-state index contributed by atoms with van der Waals surface area (Å²) in [5.74, 6) is 0.142. The number of carbonyl (C=O) groups excluding carboxylic acids is 1. The van der Waals surface area contributed by atoms with Crippen LogP contribution >= 0.6 is 0 Å². The van der Waals surface area contributed by atoms with Crippen LogP contribution in [0.25, 0.3) is 22.5 Å². The van der Waals surface area contributed by atoms with E-state index in [0.717, 1.165) is 16.9 Å². The van der Waals surface area contributed by atoms with Gasteiger partial charge in [0.15, 0.2) is 16.8 Å². The second-order valence-electron chi connectivity index (χ2n) is 5.71. The van der Waals surface area contributed by atoms with Crippen molar-refractivity contribution in [1.29, 1.82) is 0 Å². The molecule has 25 heavy (non-hydrogen) atoms. The van der Waals surface area contributed by atoms with Gasteiger partial charge in [0.2, 0.25) is 0 Å². The Morgan fingerprint density at radius 3 is 2.44 bits per heavy atom. The van der Waals surface area contributed by atoms with Crippen LogP contribution in [-0.4, -0.2) is 22.2 Å². The summed E-state index contributed by atoms with van der Waals surface area (Å²) in [6.45, 7) is 3.88.